The highest BCUT2D eigenvalue weighted by molar-refractivity contribution is 9.11. The van der Waals surface area contributed by atoms with Crippen LogP contribution in [0.1, 0.15) is 19.6 Å². The second-order valence-electron chi connectivity index (χ2n) is 4.91. The van der Waals surface area contributed by atoms with Crippen LogP contribution in [0, 0.1) is 5.92 Å². The highest BCUT2D eigenvalue weighted by Gasteiger charge is 2.08. The Labute approximate surface area is 143 Å². The first-order valence-electron chi connectivity index (χ1n) is 6.31. The van der Waals surface area contributed by atoms with E-state index in [2.05, 4.69) is 51.0 Å². The second-order valence-corrected chi connectivity index (χ2v) is 6.68. The van der Waals surface area contributed by atoms with Crippen LogP contribution >= 0.6 is 44.3 Å². The molecule has 110 valence electrons. The van der Waals surface area contributed by atoms with E-state index < -0.39 is 0 Å². The fraction of sp³-hybridized carbons (Fsp3) is 0.333. The van der Waals surface area contributed by atoms with Crippen molar-refractivity contribution in [3.8, 4) is 11.3 Å². The summed E-state index contributed by atoms with van der Waals surface area (Å²) in [6.45, 7) is 6.16. The summed E-state index contributed by atoms with van der Waals surface area (Å²) in [6, 6.07) is 10.1. The average Bonchev–Trinajstić information content (AvgIpc) is 2.77. The van der Waals surface area contributed by atoms with Gasteiger partial charge in [-0.2, -0.15) is 0 Å². The standard InChI is InChI=1S/C15H17Br2NO.ClH/c1-10(2)8-18-9-12-4-6-15(19-12)13-5-3-11(16)7-14(13)17;/h3-7,10,18H,8-9H2,1-2H3;1H. The van der Waals surface area contributed by atoms with E-state index in [9.17, 15) is 0 Å². The number of hydrogen-bond acceptors (Lipinski definition) is 2. The third kappa shape index (κ3) is 4.92. The largest absolute Gasteiger partial charge is 0.460 e. The van der Waals surface area contributed by atoms with Gasteiger partial charge in [-0.1, -0.05) is 29.8 Å². The van der Waals surface area contributed by atoms with Gasteiger partial charge in [0.1, 0.15) is 11.5 Å². The Morgan fingerprint density at radius 2 is 1.90 bits per heavy atom. The van der Waals surface area contributed by atoms with E-state index in [0.29, 0.717) is 5.92 Å². The first-order chi connectivity index (χ1) is 9.06. The molecule has 0 aliphatic heterocycles. The molecule has 1 N–H and O–H groups in total. The third-order valence-electron chi connectivity index (χ3n) is 2.71. The molecule has 0 saturated carbocycles. The topological polar surface area (TPSA) is 25.2 Å². The number of benzene rings is 1. The highest BCUT2D eigenvalue weighted by Crippen LogP contribution is 2.31. The van der Waals surface area contributed by atoms with Crippen LogP contribution in [-0.4, -0.2) is 6.54 Å². The van der Waals surface area contributed by atoms with Gasteiger partial charge in [0.15, 0.2) is 0 Å². The summed E-state index contributed by atoms with van der Waals surface area (Å²) in [5.41, 5.74) is 1.07. The predicted molar refractivity (Wildman–Crippen MR) is 93.3 cm³/mol. The molecular formula is C15H18Br2ClNO. The molecule has 0 unspecified atom stereocenters. The lowest BCUT2D eigenvalue weighted by atomic mass is 10.2. The molecule has 2 nitrogen and oxygen atoms in total. The first kappa shape index (κ1) is 17.8. The third-order valence-corrected chi connectivity index (χ3v) is 3.86. The molecule has 1 aromatic heterocycles. The summed E-state index contributed by atoms with van der Waals surface area (Å²) in [6.07, 6.45) is 0. The quantitative estimate of drug-likeness (QED) is 0.673. The van der Waals surface area contributed by atoms with Gasteiger partial charge < -0.3 is 9.73 Å². The van der Waals surface area contributed by atoms with Crippen molar-refractivity contribution in [1.29, 1.82) is 0 Å². The minimum Gasteiger partial charge on any atom is -0.460 e. The molecule has 2 aromatic rings. The van der Waals surface area contributed by atoms with E-state index in [-0.39, 0.29) is 12.4 Å². The maximum absolute atomic E-state index is 5.86. The molecule has 5 heteroatoms. The van der Waals surface area contributed by atoms with Crippen molar-refractivity contribution in [1.82, 2.24) is 5.32 Å². The lowest BCUT2D eigenvalue weighted by Crippen LogP contribution is -2.18. The zero-order valence-corrected chi connectivity index (χ0v) is 15.4. The number of furan rings is 1. The van der Waals surface area contributed by atoms with E-state index in [0.717, 1.165) is 39.1 Å². The normalized spacial score (nSPS) is 10.7. The monoisotopic (exact) mass is 421 g/mol. The van der Waals surface area contributed by atoms with Gasteiger partial charge in [-0.15, -0.1) is 12.4 Å². The molecule has 1 heterocycles. The van der Waals surface area contributed by atoms with Gasteiger partial charge in [0, 0.05) is 14.5 Å². The summed E-state index contributed by atoms with van der Waals surface area (Å²) < 4.78 is 7.94. The van der Waals surface area contributed by atoms with Crippen LogP contribution in [0.15, 0.2) is 43.7 Å². The van der Waals surface area contributed by atoms with Gasteiger partial charge in [-0.05, 0) is 58.7 Å². The van der Waals surface area contributed by atoms with E-state index in [1.807, 2.05) is 30.3 Å². The minimum absolute atomic E-state index is 0. The Balaban J connectivity index is 0.00000200. The van der Waals surface area contributed by atoms with Crippen molar-refractivity contribution < 1.29 is 4.42 Å². The van der Waals surface area contributed by atoms with Gasteiger partial charge in [0.05, 0.1) is 6.54 Å². The maximum Gasteiger partial charge on any atom is 0.135 e. The van der Waals surface area contributed by atoms with Gasteiger partial charge in [-0.25, -0.2) is 0 Å². The Morgan fingerprint density at radius 1 is 1.15 bits per heavy atom. The Bertz CT molecular complexity index is 555. The molecule has 0 radical (unpaired) electrons. The van der Waals surface area contributed by atoms with Crippen LogP contribution in [0.25, 0.3) is 11.3 Å². The predicted octanol–water partition coefficient (Wildman–Crippen LogP) is 5.64. The van der Waals surface area contributed by atoms with Crippen molar-refractivity contribution in [2.75, 3.05) is 6.54 Å². The van der Waals surface area contributed by atoms with E-state index in [4.69, 9.17) is 4.42 Å². The van der Waals surface area contributed by atoms with Gasteiger partial charge in [0.25, 0.3) is 0 Å². The molecule has 0 amide bonds. The Kier molecular flexibility index (Phi) is 7.30. The molecular weight excluding hydrogens is 405 g/mol. The van der Waals surface area contributed by atoms with Crippen LogP contribution in [0.2, 0.25) is 0 Å². The van der Waals surface area contributed by atoms with Crippen LogP contribution in [0.4, 0.5) is 0 Å². The molecule has 0 aliphatic rings. The molecule has 0 fully saturated rings. The van der Waals surface area contributed by atoms with Crippen LogP contribution < -0.4 is 5.32 Å². The Morgan fingerprint density at radius 3 is 2.55 bits per heavy atom. The van der Waals surface area contributed by atoms with Gasteiger partial charge in [0.2, 0.25) is 0 Å². The molecule has 1 aromatic carbocycles. The second kappa shape index (κ2) is 8.23. The summed E-state index contributed by atoms with van der Waals surface area (Å²) >= 11 is 7.01. The van der Waals surface area contributed by atoms with Crippen molar-refractivity contribution in [3.63, 3.8) is 0 Å². The van der Waals surface area contributed by atoms with Crippen molar-refractivity contribution in [2.24, 2.45) is 5.92 Å². The average molecular weight is 424 g/mol. The lowest BCUT2D eigenvalue weighted by Gasteiger charge is -2.05. The SMILES string of the molecule is CC(C)CNCc1ccc(-c2ccc(Br)cc2Br)o1.Cl. The number of halogens is 3. The van der Waals surface area contributed by atoms with Gasteiger partial charge >= 0.3 is 0 Å². The number of nitrogens with one attached hydrogen (secondary N) is 1. The summed E-state index contributed by atoms with van der Waals surface area (Å²) in [5, 5.41) is 3.38. The lowest BCUT2D eigenvalue weighted by molar-refractivity contribution is 0.472. The number of rotatable bonds is 5. The summed E-state index contributed by atoms with van der Waals surface area (Å²) in [4.78, 5) is 0. The van der Waals surface area contributed by atoms with Crippen molar-refractivity contribution in [3.05, 3.63) is 45.0 Å². The molecule has 2 rings (SSSR count). The highest BCUT2D eigenvalue weighted by atomic mass is 79.9. The zero-order chi connectivity index (χ0) is 13.8. The van der Waals surface area contributed by atoms with Crippen LogP contribution in [-0.2, 0) is 6.54 Å². The summed E-state index contributed by atoms with van der Waals surface area (Å²) in [5.74, 6) is 2.50. The summed E-state index contributed by atoms with van der Waals surface area (Å²) in [7, 11) is 0. The molecule has 0 spiro atoms. The van der Waals surface area contributed by atoms with Crippen molar-refractivity contribution in [2.45, 2.75) is 20.4 Å². The van der Waals surface area contributed by atoms with E-state index in [1.165, 1.54) is 0 Å². The van der Waals surface area contributed by atoms with E-state index >= 15 is 0 Å². The minimum atomic E-state index is 0. The van der Waals surface area contributed by atoms with E-state index in [1.54, 1.807) is 0 Å². The first-order valence-corrected chi connectivity index (χ1v) is 7.89. The number of hydrogen-bond donors (Lipinski definition) is 1. The van der Waals surface area contributed by atoms with Gasteiger partial charge in [-0.3, -0.25) is 0 Å². The smallest absolute Gasteiger partial charge is 0.135 e. The zero-order valence-electron chi connectivity index (χ0n) is 11.5. The molecule has 0 saturated heterocycles. The van der Waals surface area contributed by atoms with Crippen LogP contribution in [0.3, 0.4) is 0 Å². The maximum atomic E-state index is 5.86. The van der Waals surface area contributed by atoms with Crippen molar-refractivity contribution >= 4 is 44.3 Å². The molecule has 0 bridgehead atoms. The molecule has 0 aliphatic carbocycles. The fourth-order valence-corrected chi connectivity index (χ4v) is 3.03. The Hall–Kier alpha value is -0.290. The molecule has 0 atom stereocenters. The fourth-order valence-electron chi connectivity index (χ4n) is 1.79. The van der Waals surface area contributed by atoms with Crippen LogP contribution in [0.5, 0.6) is 0 Å². The molecule has 20 heavy (non-hydrogen) atoms.